The topological polar surface area (TPSA) is 82.0 Å². The van der Waals surface area contributed by atoms with Crippen molar-refractivity contribution < 1.29 is 18.4 Å². The second-order valence-corrected chi connectivity index (χ2v) is 5.05. The number of amides is 2. The molecule has 7 heteroatoms. The third kappa shape index (κ3) is 4.97. The van der Waals surface area contributed by atoms with Crippen LogP contribution in [-0.4, -0.2) is 11.8 Å². The Balaban J connectivity index is 2.16. The van der Waals surface area contributed by atoms with Crippen LogP contribution in [0, 0.1) is 23.0 Å². The van der Waals surface area contributed by atoms with E-state index >= 15 is 0 Å². The van der Waals surface area contributed by atoms with Crippen LogP contribution in [0.3, 0.4) is 0 Å². The third-order valence-electron chi connectivity index (χ3n) is 3.09. The first-order valence-electron chi connectivity index (χ1n) is 7.15. The average molecular weight is 341 g/mol. The van der Waals surface area contributed by atoms with Crippen LogP contribution in [0.15, 0.2) is 48.0 Å². The molecule has 0 fully saturated rings. The molecule has 2 aromatic rings. The minimum atomic E-state index is -0.875. The molecule has 2 N–H and O–H groups in total. The first-order valence-corrected chi connectivity index (χ1v) is 7.15. The predicted molar refractivity (Wildman–Crippen MR) is 89.3 cm³/mol. The summed E-state index contributed by atoms with van der Waals surface area (Å²) in [7, 11) is 0. The highest BCUT2D eigenvalue weighted by Gasteiger charge is 2.11. The van der Waals surface area contributed by atoms with Crippen molar-refractivity contribution in [3.05, 3.63) is 65.2 Å². The van der Waals surface area contributed by atoms with Crippen molar-refractivity contribution in [3.63, 3.8) is 0 Å². The lowest BCUT2D eigenvalue weighted by Crippen LogP contribution is -2.13. The van der Waals surface area contributed by atoms with Gasteiger partial charge in [0.15, 0.2) is 0 Å². The molecule has 0 unspecified atom stereocenters. The summed E-state index contributed by atoms with van der Waals surface area (Å²) < 4.78 is 26.5. The molecule has 0 radical (unpaired) electrons. The molecule has 0 atom stereocenters. The Labute approximate surface area is 142 Å². The second kappa shape index (κ2) is 7.84. The van der Waals surface area contributed by atoms with E-state index in [1.807, 2.05) is 0 Å². The maximum absolute atomic E-state index is 13.6. The number of carbonyl (C=O) groups excluding carboxylic acids is 2. The van der Waals surface area contributed by atoms with Gasteiger partial charge in [0.25, 0.3) is 5.91 Å². The lowest BCUT2D eigenvalue weighted by molar-refractivity contribution is -0.114. The van der Waals surface area contributed by atoms with E-state index in [0.29, 0.717) is 17.4 Å². The fourth-order valence-electron chi connectivity index (χ4n) is 1.96. The largest absolute Gasteiger partial charge is 0.326 e. The Morgan fingerprint density at radius 3 is 2.16 bits per heavy atom. The second-order valence-electron chi connectivity index (χ2n) is 5.05. The fourth-order valence-corrected chi connectivity index (χ4v) is 1.96. The van der Waals surface area contributed by atoms with E-state index in [2.05, 4.69) is 10.6 Å². The van der Waals surface area contributed by atoms with Gasteiger partial charge in [-0.25, -0.2) is 8.78 Å². The van der Waals surface area contributed by atoms with Gasteiger partial charge in [-0.15, -0.1) is 0 Å². The molecule has 25 heavy (non-hydrogen) atoms. The number of hydrogen-bond donors (Lipinski definition) is 2. The summed E-state index contributed by atoms with van der Waals surface area (Å²) in [5, 5.41) is 14.2. The van der Waals surface area contributed by atoms with Gasteiger partial charge in [0.1, 0.15) is 23.3 Å². The van der Waals surface area contributed by atoms with E-state index in [-0.39, 0.29) is 17.0 Å². The van der Waals surface area contributed by atoms with E-state index in [1.54, 1.807) is 18.2 Å². The molecule has 0 heterocycles. The molecule has 2 amide bonds. The highest BCUT2D eigenvalue weighted by Crippen LogP contribution is 2.17. The van der Waals surface area contributed by atoms with Crippen molar-refractivity contribution in [1.29, 1.82) is 5.26 Å². The summed E-state index contributed by atoms with van der Waals surface area (Å²) in [4.78, 5) is 23.1. The van der Waals surface area contributed by atoms with Gasteiger partial charge in [0, 0.05) is 29.9 Å². The zero-order valence-electron chi connectivity index (χ0n) is 13.1. The molecule has 0 aliphatic carbocycles. The van der Waals surface area contributed by atoms with Crippen LogP contribution in [0.4, 0.5) is 20.2 Å². The lowest BCUT2D eigenvalue weighted by atomic mass is 10.1. The van der Waals surface area contributed by atoms with Gasteiger partial charge in [-0.1, -0.05) is 0 Å². The third-order valence-corrected chi connectivity index (χ3v) is 3.09. The van der Waals surface area contributed by atoms with E-state index < -0.39 is 17.5 Å². The summed E-state index contributed by atoms with van der Waals surface area (Å²) in [6.07, 6.45) is 1.04. The maximum atomic E-state index is 13.6. The number of rotatable bonds is 4. The molecular formula is C18H13F2N3O2. The van der Waals surface area contributed by atoms with Crippen LogP contribution in [0.1, 0.15) is 12.5 Å². The Bertz CT molecular complexity index is 884. The Morgan fingerprint density at radius 2 is 1.64 bits per heavy atom. The maximum Gasteiger partial charge on any atom is 0.266 e. The van der Waals surface area contributed by atoms with Crippen LogP contribution >= 0.6 is 0 Å². The number of carbonyl (C=O) groups is 2. The SMILES string of the molecule is CC(=O)Nc1ccc(NC(=O)/C(C#N)=C\c2ccc(F)cc2F)cc1. The fraction of sp³-hybridized carbons (Fsp3) is 0.0556. The van der Waals surface area contributed by atoms with Crippen molar-refractivity contribution in [2.24, 2.45) is 0 Å². The normalized spacial score (nSPS) is 10.7. The molecule has 126 valence electrons. The molecule has 5 nitrogen and oxygen atoms in total. The number of anilines is 2. The molecule has 0 aliphatic rings. The molecule has 0 bridgehead atoms. The van der Waals surface area contributed by atoms with Crippen molar-refractivity contribution >= 4 is 29.3 Å². The van der Waals surface area contributed by atoms with E-state index in [0.717, 1.165) is 18.2 Å². The first-order chi connectivity index (χ1) is 11.9. The van der Waals surface area contributed by atoms with Crippen molar-refractivity contribution in [2.75, 3.05) is 10.6 Å². The van der Waals surface area contributed by atoms with Gasteiger partial charge < -0.3 is 10.6 Å². The van der Waals surface area contributed by atoms with Crippen molar-refractivity contribution in [3.8, 4) is 6.07 Å². The van der Waals surface area contributed by atoms with Gasteiger partial charge in [0.2, 0.25) is 5.91 Å². The molecular weight excluding hydrogens is 328 g/mol. The van der Waals surface area contributed by atoms with Gasteiger partial charge in [-0.2, -0.15) is 5.26 Å². The van der Waals surface area contributed by atoms with E-state index in [9.17, 15) is 18.4 Å². The standard InChI is InChI=1S/C18H13F2N3O2/c1-11(24)22-15-4-6-16(7-5-15)23-18(25)13(10-21)8-12-2-3-14(19)9-17(12)20/h2-9H,1H3,(H,22,24)(H,23,25)/b13-8-. The summed E-state index contributed by atoms with van der Waals surface area (Å²) in [5.74, 6) is -2.59. The molecule has 0 saturated heterocycles. The smallest absolute Gasteiger partial charge is 0.266 e. The summed E-state index contributed by atoms with van der Waals surface area (Å²) in [6.45, 7) is 1.37. The number of hydrogen-bond acceptors (Lipinski definition) is 3. The van der Waals surface area contributed by atoms with Crippen LogP contribution < -0.4 is 10.6 Å². The number of benzene rings is 2. The summed E-state index contributed by atoms with van der Waals surface area (Å²) in [6, 6.07) is 10.7. The minimum absolute atomic E-state index is 0.0749. The number of halogens is 2. The number of nitriles is 1. The Hall–Kier alpha value is -3.53. The Kier molecular flexibility index (Phi) is 5.58. The van der Waals surface area contributed by atoms with Gasteiger partial charge in [-0.3, -0.25) is 9.59 Å². The van der Waals surface area contributed by atoms with Crippen LogP contribution in [0.2, 0.25) is 0 Å². The van der Waals surface area contributed by atoms with Crippen LogP contribution in [0.5, 0.6) is 0 Å². The quantitative estimate of drug-likeness (QED) is 0.660. The first kappa shape index (κ1) is 17.8. The van der Waals surface area contributed by atoms with E-state index in [1.165, 1.54) is 19.1 Å². The molecule has 0 saturated carbocycles. The van der Waals surface area contributed by atoms with Crippen molar-refractivity contribution in [2.45, 2.75) is 6.92 Å². The summed E-state index contributed by atoms with van der Waals surface area (Å²) in [5.41, 5.74) is 0.528. The van der Waals surface area contributed by atoms with E-state index in [4.69, 9.17) is 5.26 Å². The molecule has 0 aromatic heterocycles. The average Bonchev–Trinajstić information content (AvgIpc) is 2.55. The zero-order valence-corrected chi connectivity index (χ0v) is 13.1. The van der Waals surface area contributed by atoms with Crippen LogP contribution in [0.25, 0.3) is 6.08 Å². The molecule has 2 rings (SSSR count). The predicted octanol–water partition coefficient (Wildman–Crippen LogP) is 3.47. The van der Waals surface area contributed by atoms with Crippen LogP contribution in [-0.2, 0) is 9.59 Å². The highest BCUT2D eigenvalue weighted by atomic mass is 19.1. The van der Waals surface area contributed by atoms with Gasteiger partial charge >= 0.3 is 0 Å². The van der Waals surface area contributed by atoms with Gasteiger partial charge in [-0.05, 0) is 42.5 Å². The van der Waals surface area contributed by atoms with Crippen molar-refractivity contribution in [1.82, 2.24) is 0 Å². The zero-order chi connectivity index (χ0) is 18.4. The summed E-state index contributed by atoms with van der Waals surface area (Å²) >= 11 is 0. The van der Waals surface area contributed by atoms with Gasteiger partial charge in [0.05, 0.1) is 0 Å². The lowest BCUT2D eigenvalue weighted by Gasteiger charge is -2.06. The number of nitrogens with zero attached hydrogens (tertiary/aromatic N) is 1. The molecule has 0 spiro atoms. The number of nitrogens with one attached hydrogen (secondary N) is 2. The highest BCUT2D eigenvalue weighted by molar-refractivity contribution is 6.09. The molecule has 0 aliphatic heterocycles. The molecule has 2 aromatic carbocycles. The monoisotopic (exact) mass is 341 g/mol. The minimum Gasteiger partial charge on any atom is -0.326 e. The Morgan fingerprint density at radius 1 is 1.04 bits per heavy atom.